The fraction of sp³-hybridized carbons (Fsp3) is 0.400. The smallest absolute Gasteiger partial charge is 0.333 e. The van der Waals surface area contributed by atoms with Crippen LogP contribution >= 0.6 is 0 Å². The third kappa shape index (κ3) is 2.69. The molecule has 1 atom stereocenters. The second-order valence-corrected chi connectivity index (χ2v) is 3.57. The van der Waals surface area contributed by atoms with E-state index in [1.165, 1.54) is 6.08 Å². The van der Waals surface area contributed by atoms with E-state index in [1.807, 2.05) is 0 Å². The average molecular weight is 178 g/mol. The molecule has 0 aromatic rings. The Labute approximate surface area is 63.7 Å². The van der Waals surface area contributed by atoms with Crippen LogP contribution in [0.25, 0.3) is 0 Å². The highest BCUT2D eigenvalue weighted by Gasteiger charge is 2.20. The lowest BCUT2D eigenvalue weighted by molar-refractivity contribution is -0.147. The van der Waals surface area contributed by atoms with Crippen LogP contribution in [0.5, 0.6) is 0 Å². The van der Waals surface area contributed by atoms with E-state index >= 15 is 0 Å². The van der Waals surface area contributed by atoms with E-state index in [2.05, 4.69) is 8.92 Å². The molecule has 0 spiro atoms. The Kier molecular flexibility index (Phi) is 1.97. The summed E-state index contributed by atoms with van der Waals surface area (Å²) in [5.74, 6) is -0.598. The molecule has 1 heterocycles. The molecule has 11 heavy (non-hydrogen) atoms. The summed E-state index contributed by atoms with van der Waals surface area (Å²) in [5, 5.41) is 0. The van der Waals surface area contributed by atoms with Gasteiger partial charge in [0.1, 0.15) is 0 Å². The molecule has 0 aromatic carbocycles. The van der Waals surface area contributed by atoms with Crippen LogP contribution in [0.3, 0.4) is 0 Å². The van der Waals surface area contributed by atoms with Crippen molar-refractivity contribution in [3.05, 3.63) is 12.2 Å². The molecule has 0 bridgehead atoms. The molecule has 0 aliphatic carbocycles. The van der Waals surface area contributed by atoms with Crippen LogP contribution in [0.15, 0.2) is 12.2 Å². The summed E-state index contributed by atoms with van der Waals surface area (Å²) in [6.45, 7) is 0. The molecule has 6 heteroatoms. The number of carbonyl (C=O) groups excluding carboxylic acids is 1. The molecule has 0 saturated carbocycles. The van der Waals surface area contributed by atoms with Gasteiger partial charge in [0.25, 0.3) is 10.1 Å². The molecule has 0 N–H and O–H groups in total. The third-order valence-electron chi connectivity index (χ3n) is 0.891. The van der Waals surface area contributed by atoms with Crippen molar-refractivity contribution < 1.29 is 22.1 Å². The van der Waals surface area contributed by atoms with Crippen molar-refractivity contribution in [1.29, 1.82) is 0 Å². The van der Waals surface area contributed by atoms with Crippen molar-refractivity contribution in [2.24, 2.45) is 0 Å². The zero-order chi connectivity index (χ0) is 8.48. The lowest BCUT2D eigenvalue weighted by Gasteiger charge is -2.05. The Hall–Kier alpha value is -0.880. The van der Waals surface area contributed by atoms with E-state index in [0.29, 0.717) is 0 Å². The van der Waals surface area contributed by atoms with Gasteiger partial charge >= 0.3 is 5.97 Å². The van der Waals surface area contributed by atoms with E-state index in [-0.39, 0.29) is 0 Å². The Morgan fingerprint density at radius 1 is 1.64 bits per heavy atom. The first kappa shape index (κ1) is 8.22. The van der Waals surface area contributed by atoms with Crippen molar-refractivity contribution >= 4 is 16.1 Å². The summed E-state index contributed by atoms with van der Waals surface area (Å²) in [7, 11) is -3.56. The van der Waals surface area contributed by atoms with Gasteiger partial charge in [0.2, 0.25) is 6.29 Å². The summed E-state index contributed by atoms with van der Waals surface area (Å²) in [6, 6.07) is 0. The molecular weight excluding hydrogens is 172 g/mol. The van der Waals surface area contributed by atoms with Gasteiger partial charge in [-0.2, -0.15) is 8.42 Å². The summed E-state index contributed by atoms with van der Waals surface area (Å²) in [4.78, 5) is 10.4. The number of rotatable bonds is 2. The normalized spacial score (nSPS) is 23.7. The van der Waals surface area contributed by atoms with E-state index in [1.54, 1.807) is 0 Å². The number of carbonyl (C=O) groups is 1. The number of hydrogen-bond acceptors (Lipinski definition) is 5. The second kappa shape index (κ2) is 2.63. The van der Waals surface area contributed by atoms with Crippen molar-refractivity contribution in [1.82, 2.24) is 0 Å². The standard InChI is InChI=1S/C5H6O5S/c1-11(7,8)10-5-3-2-4(6)9-5/h2-3,5H,1H3. The quantitative estimate of drug-likeness (QED) is 0.417. The Morgan fingerprint density at radius 2 is 2.27 bits per heavy atom. The fourth-order valence-corrected chi connectivity index (χ4v) is 1.02. The van der Waals surface area contributed by atoms with Crippen LogP contribution in [0, 0.1) is 0 Å². The SMILES string of the molecule is CS(=O)(=O)OC1C=CC(=O)O1. The minimum Gasteiger partial charge on any atom is -0.428 e. The highest BCUT2D eigenvalue weighted by atomic mass is 32.2. The van der Waals surface area contributed by atoms with Crippen molar-refractivity contribution in [3.63, 3.8) is 0 Å². The molecule has 0 amide bonds. The van der Waals surface area contributed by atoms with Gasteiger partial charge in [-0.25, -0.2) is 8.98 Å². The topological polar surface area (TPSA) is 69.7 Å². The van der Waals surface area contributed by atoms with Crippen molar-refractivity contribution in [2.45, 2.75) is 6.29 Å². The summed E-state index contributed by atoms with van der Waals surface area (Å²) >= 11 is 0. The van der Waals surface area contributed by atoms with Crippen LogP contribution < -0.4 is 0 Å². The molecule has 0 aromatic heterocycles. The number of cyclic esters (lactones) is 1. The van der Waals surface area contributed by atoms with Gasteiger partial charge in [-0.1, -0.05) is 0 Å². The highest BCUT2D eigenvalue weighted by Crippen LogP contribution is 2.08. The maximum Gasteiger partial charge on any atom is 0.333 e. The van der Waals surface area contributed by atoms with E-state index in [0.717, 1.165) is 12.3 Å². The average Bonchev–Trinajstić information content (AvgIpc) is 2.10. The fourth-order valence-electron chi connectivity index (χ4n) is 0.574. The molecular formula is C5H6O5S. The first-order chi connectivity index (χ1) is 4.97. The molecule has 1 unspecified atom stereocenters. The van der Waals surface area contributed by atoms with E-state index in [9.17, 15) is 13.2 Å². The van der Waals surface area contributed by atoms with Gasteiger partial charge in [-0.3, -0.25) is 0 Å². The molecule has 1 aliphatic rings. The van der Waals surface area contributed by atoms with Gasteiger partial charge in [-0.15, -0.1) is 0 Å². The van der Waals surface area contributed by atoms with Gasteiger partial charge < -0.3 is 4.74 Å². The maximum absolute atomic E-state index is 10.4. The monoisotopic (exact) mass is 178 g/mol. The Balaban J connectivity index is 2.55. The molecule has 5 nitrogen and oxygen atoms in total. The number of esters is 1. The lowest BCUT2D eigenvalue weighted by atomic mass is 10.5. The van der Waals surface area contributed by atoms with Crippen molar-refractivity contribution in [3.8, 4) is 0 Å². The van der Waals surface area contributed by atoms with Crippen LogP contribution in [0.2, 0.25) is 0 Å². The second-order valence-electron chi connectivity index (χ2n) is 1.96. The summed E-state index contributed by atoms with van der Waals surface area (Å²) in [6.07, 6.45) is 2.13. The Bertz CT molecular complexity index is 288. The first-order valence-electron chi connectivity index (χ1n) is 2.74. The lowest BCUT2D eigenvalue weighted by Crippen LogP contribution is -2.16. The minimum absolute atomic E-state index is 0.598. The predicted molar refractivity (Wildman–Crippen MR) is 34.9 cm³/mol. The third-order valence-corrected chi connectivity index (χ3v) is 1.43. The van der Waals surface area contributed by atoms with E-state index < -0.39 is 22.4 Å². The summed E-state index contributed by atoms with van der Waals surface area (Å²) < 4.78 is 29.6. The molecule has 1 rings (SSSR count). The van der Waals surface area contributed by atoms with Gasteiger partial charge in [0.15, 0.2) is 0 Å². The first-order valence-corrected chi connectivity index (χ1v) is 4.56. The van der Waals surface area contributed by atoms with Gasteiger partial charge in [0, 0.05) is 6.08 Å². The highest BCUT2D eigenvalue weighted by molar-refractivity contribution is 7.86. The van der Waals surface area contributed by atoms with Crippen LogP contribution in [-0.4, -0.2) is 26.9 Å². The minimum atomic E-state index is -3.56. The van der Waals surface area contributed by atoms with Crippen LogP contribution in [0.4, 0.5) is 0 Å². The van der Waals surface area contributed by atoms with Crippen LogP contribution in [-0.2, 0) is 23.8 Å². The molecule has 0 saturated heterocycles. The molecule has 0 fully saturated rings. The Morgan fingerprint density at radius 3 is 2.64 bits per heavy atom. The van der Waals surface area contributed by atoms with Crippen molar-refractivity contribution in [2.75, 3.05) is 6.26 Å². The molecule has 1 aliphatic heterocycles. The van der Waals surface area contributed by atoms with E-state index in [4.69, 9.17) is 0 Å². The molecule has 0 radical (unpaired) electrons. The van der Waals surface area contributed by atoms with Gasteiger partial charge in [-0.05, 0) is 6.08 Å². The number of hydrogen-bond donors (Lipinski definition) is 0. The molecule has 62 valence electrons. The van der Waals surface area contributed by atoms with Gasteiger partial charge in [0.05, 0.1) is 6.26 Å². The predicted octanol–water partition coefficient (Wildman–Crippen LogP) is -0.598. The largest absolute Gasteiger partial charge is 0.428 e. The zero-order valence-electron chi connectivity index (χ0n) is 5.68. The zero-order valence-corrected chi connectivity index (χ0v) is 6.50. The van der Waals surface area contributed by atoms with Crippen LogP contribution in [0.1, 0.15) is 0 Å². The number of ether oxygens (including phenoxy) is 1. The summed E-state index contributed by atoms with van der Waals surface area (Å²) in [5.41, 5.74) is 0. The maximum atomic E-state index is 10.4.